The van der Waals surface area contributed by atoms with Gasteiger partial charge in [-0.25, -0.2) is 0 Å². The average molecular weight is 207 g/mol. The molecule has 0 radical (unpaired) electrons. The molecular weight excluding hydrogens is 190 g/mol. The molecule has 1 aliphatic heterocycles. The highest BCUT2D eigenvalue weighted by atomic mass is 16.3. The van der Waals surface area contributed by atoms with Crippen LogP contribution in [-0.2, 0) is 6.54 Å². The van der Waals surface area contributed by atoms with Gasteiger partial charge in [-0.2, -0.15) is 0 Å². The van der Waals surface area contributed by atoms with Crippen molar-refractivity contribution in [3.63, 3.8) is 0 Å². The number of hydrogen-bond acceptors (Lipinski definition) is 3. The van der Waals surface area contributed by atoms with E-state index in [2.05, 4.69) is 17.0 Å². The molecule has 0 amide bonds. The van der Waals surface area contributed by atoms with Crippen LogP contribution in [0.1, 0.15) is 12.0 Å². The standard InChI is InChI=1S/C12H17NO2/c14-8-11-6-12(9-15)13(11)7-10-4-2-1-3-5-10/h1-5,11-12,14-15H,6-9H2/t11-,12-/m1/s1. The number of benzene rings is 1. The summed E-state index contributed by atoms with van der Waals surface area (Å²) < 4.78 is 0. The zero-order valence-corrected chi connectivity index (χ0v) is 8.71. The predicted molar refractivity (Wildman–Crippen MR) is 58.3 cm³/mol. The first-order valence-electron chi connectivity index (χ1n) is 5.36. The quantitative estimate of drug-likeness (QED) is 0.760. The Morgan fingerprint density at radius 3 is 2.20 bits per heavy atom. The Labute approximate surface area is 90.0 Å². The number of aliphatic hydroxyl groups is 2. The summed E-state index contributed by atoms with van der Waals surface area (Å²) in [5.41, 5.74) is 1.23. The Balaban J connectivity index is 1.98. The minimum Gasteiger partial charge on any atom is -0.395 e. The van der Waals surface area contributed by atoms with Gasteiger partial charge in [0.05, 0.1) is 13.2 Å². The van der Waals surface area contributed by atoms with Crippen LogP contribution in [-0.4, -0.2) is 40.4 Å². The number of likely N-dealkylation sites (tertiary alicyclic amines) is 1. The Bertz CT molecular complexity index is 292. The van der Waals surface area contributed by atoms with E-state index in [0.717, 1.165) is 13.0 Å². The van der Waals surface area contributed by atoms with Crippen molar-refractivity contribution in [2.45, 2.75) is 25.0 Å². The van der Waals surface area contributed by atoms with Crippen LogP contribution in [0.2, 0.25) is 0 Å². The molecule has 2 atom stereocenters. The normalized spacial score (nSPS) is 26.3. The minimum atomic E-state index is 0.184. The number of hydrogen-bond donors (Lipinski definition) is 2. The fraction of sp³-hybridized carbons (Fsp3) is 0.500. The van der Waals surface area contributed by atoms with Crippen molar-refractivity contribution in [2.24, 2.45) is 0 Å². The van der Waals surface area contributed by atoms with Gasteiger partial charge in [-0.1, -0.05) is 30.3 Å². The molecule has 0 unspecified atom stereocenters. The molecule has 1 aliphatic rings. The lowest BCUT2D eigenvalue weighted by molar-refractivity contribution is -0.0475. The average Bonchev–Trinajstić information content (AvgIpc) is 2.27. The molecule has 1 fully saturated rings. The first-order chi connectivity index (χ1) is 7.35. The molecule has 15 heavy (non-hydrogen) atoms. The van der Waals surface area contributed by atoms with Crippen LogP contribution in [0.5, 0.6) is 0 Å². The van der Waals surface area contributed by atoms with Crippen LogP contribution in [0, 0.1) is 0 Å². The van der Waals surface area contributed by atoms with Gasteiger partial charge in [0, 0.05) is 18.6 Å². The summed E-state index contributed by atoms with van der Waals surface area (Å²) in [5, 5.41) is 18.2. The molecule has 0 aliphatic carbocycles. The lowest BCUT2D eigenvalue weighted by Gasteiger charge is -2.47. The van der Waals surface area contributed by atoms with Gasteiger partial charge in [0.15, 0.2) is 0 Å². The molecule has 1 heterocycles. The van der Waals surface area contributed by atoms with Crippen molar-refractivity contribution in [1.29, 1.82) is 0 Å². The second-order valence-corrected chi connectivity index (χ2v) is 4.07. The third kappa shape index (κ3) is 2.20. The van der Waals surface area contributed by atoms with E-state index < -0.39 is 0 Å². The van der Waals surface area contributed by atoms with Crippen molar-refractivity contribution < 1.29 is 10.2 Å². The van der Waals surface area contributed by atoms with Gasteiger partial charge in [0.2, 0.25) is 0 Å². The SMILES string of the molecule is OC[C@H]1C[C@H](CO)N1Cc1ccccc1. The molecular formula is C12H17NO2. The van der Waals surface area contributed by atoms with Gasteiger partial charge in [-0.3, -0.25) is 4.90 Å². The molecule has 82 valence electrons. The third-order valence-corrected chi connectivity index (χ3v) is 3.11. The largest absolute Gasteiger partial charge is 0.395 e. The number of aliphatic hydroxyl groups excluding tert-OH is 2. The smallest absolute Gasteiger partial charge is 0.0587 e. The Kier molecular flexibility index (Phi) is 3.36. The molecule has 0 bridgehead atoms. The molecule has 1 saturated heterocycles. The molecule has 0 aromatic heterocycles. The van der Waals surface area contributed by atoms with E-state index in [1.54, 1.807) is 0 Å². The summed E-state index contributed by atoms with van der Waals surface area (Å²) >= 11 is 0. The van der Waals surface area contributed by atoms with Crippen molar-refractivity contribution in [3.8, 4) is 0 Å². The molecule has 0 saturated carbocycles. The molecule has 0 spiro atoms. The van der Waals surface area contributed by atoms with E-state index in [1.807, 2.05) is 18.2 Å². The van der Waals surface area contributed by atoms with Crippen LogP contribution in [0.4, 0.5) is 0 Å². The highest BCUT2D eigenvalue weighted by Gasteiger charge is 2.36. The van der Waals surface area contributed by atoms with Gasteiger partial charge in [-0.05, 0) is 12.0 Å². The zero-order valence-electron chi connectivity index (χ0n) is 8.71. The molecule has 3 nitrogen and oxygen atoms in total. The molecule has 1 aromatic rings. The van der Waals surface area contributed by atoms with Gasteiger partial charge < -0.3 is 10.2 Å². The highest BCUT2D eigenvalue weighted by Crippen LogP contribution is 2.27. The molecule has 2 rings (SSSR count). The monoisotopic (exact) mass is 207 g/mol. The Hall–Kier alpha value is -0.900. The maximum absolute atomic E-state index is 9.12. The zero-order chi connectivity index (χ0) is 10.7. The van der Waals surface area contributed by atoms with Crippen molar-refractivity contribution in [2.75, 3.05) is 13.2 Å². The number of nitrogens with zero attached hydrogens (tertiary/aromatic N) is 1. The fourth-order valence-corrected chi connectivity index (χ4v) is 2.16. The lowest BCUT2D eigenvalue weighted by Crippen LogP contribution is -2.58. The van der Waals surface area contributed by atoms with Crippen molar-refractivity contribution in [1.82, 2.24) is 4.90 Å². The lowest BCUT2D eigenvalue weighted by atomic mass is 9.93. The van der Waals surface area contributed by atoms with E-state index in [-0.39, 0.29) is 25.3 Å². The van der Waals surface area contributed by atoms with Crippen LogP contribution >= 0.6 is 0 Å². The van der Waals surface area contributed by atoms with Crippen LogP contribution in [0.15, 0.2) is 30.3 Å². The van der Waals surface area contributed by atoms with Crippen molar-refractivity contribution >= 4 is 0 Å². The maximum atomic E-state index is 9.12. The van der Waals surface area contributed by atoms with E-state index >= 15 is 0 Å². The van der Waals surface area contributed by atoms with Crippen LogP contribution in [0.3, 0.4) is 0 Å². The maximum Gasteiger partial charge on any atom is 0.0587 e. The summed E-state index contributed by atoms with van der Waals surface area (Å²) in [6, 6.07) is 10.6. The molecule has 1 aromatic carbocycles. The van der Waals surface area contributed by atoms with E-state index in [4.69, 9.17) is 10.2 Å². The predicted octanol–water partition coefficient (Wildman–Crippen LogP) is 0.614. The summed E-state index contributed by atoms with van der Waals surface area (Å²) in [5.74, 6) is 0. The van der Waals surface area contributed by atoms with Gasteiger partial charge >= 0.3 is 0 Å². The van der Waals surface area contributed by atoms with E-state index in [1.165, 1.54) is 5.56 Å². The van der Waals surface area contributed by atoms with Crippen LogP contribution < -0.4 is 0 Å². The minimum absolute atomic E-state index is 0.184. The van der Waals surface area contributed by atoms with E-state index in [0.29, 0.717) is 0 Å². The first-order valence-corrected chi connectivity index (χ1v) is 5.36. The topological polar surface area (TPSA) is 43.7 Å². The Morgan fingerprint density at radius 2 is 1.67 bits per heavy atom. The Morgan fingerprint density at radius 1 is 1.07 bits per heavy atom. The highest BCUT2D eigenvalue weighted by molar-refractivity contribution is 5.15. The summed E-state index contributed by atoms with van der Waals surface area (Å²) in [6.07, 6.45) is 0.903. The van der Waals surface area contributed by atoms with Gasteiger partial charge in [-0.15, -0.1) is 0 Å². The summed E-state index contributed by atoms with van der Waals surface area (Å²) in [4.78, 5) is 2.16. The fourth-order valence-electron chi connectivity index (χ4n) is 2.16. The molecule has 3 heteroatoms. The van der Waals surface area contributed by atoms with Crippen molar-refractivity contribution in [3.05, 3.63) is 35.9 Å². The second-order valence-electron chi connectivity index (χ2n) is 4.07. The number of rotatable bonds is 4. The second kappa shape index (κ2) is 4.75. The first kappa shape index (κ1) is 10.6. The van der Waals surface area contributed by atoms with Gasteiger partial charge in [0.25, 0.3) is 0 Å². The van der Waals surface area contributed by atoms with Crippen LogP contribution in [0.25, 0.3) is 0 Å². The summed E-state index contributed by atoms with van der Waals surface area (Å²) in [6.45, 7) is 1.18. The van der Waals surface area contributed by atoms with Gasteiger partial charge in [0.1, 0.15) is 0 Å². The third-order valence-electron chi connectivity index (χ3n) is 3.11. The molecule has 2 N–H and O–H groups in total. The van der Waals surface area contributed by atoms with E-state index in [9.17, 15) is 0 Å². The summed E-state index contributed by atoms with van der Waals surface area (Å²) in [7, 11) is 0.